The fourth-order valence-electron chi connectivity index (χ4n) is 1.63. The van der Waals surface area contributed by atoms with E-state index in [2.05, 4.69) is 10.6 Å². The molecule has 0 fully saturated rings. The van der Waals surface area contributed by atoms with Gasteiger partial charge in [0.25, 0.3) is 0 Å². The Morgan fingerprint density at radius 1 is 1.05 bits per heavy atom. The monoisotopic (exact) mass is 350 g/mol. The van der Waals surface area contributed by atoms with Crippen LogP contribution in [0.1, 0.15) is 5.56 Å². The van der Waals surface area contributed by atoms with Gasteiger partial charge in [0.1, 0.15) is 0 Å². The summed E-state index contributed by atoms with van der Waals surface area (Å²) < 4.78 is 0. The maximum atomic E-state index is 11.8. The number of thiocarbonyl (C=S) groups is 1. The number of hydrogen-bond acceptors (Lipinski definition) is 2. The normalized spacial score (nSPS) is 10.5. The smallest absolute Gasteiger partial charge is 0.250 e. The topological polar surface area (TPSA) is 41.1 Å². The lowest BCUT2D eigenvalue weighted by Crippen LogP contribution is -2.32. The predicted molar refractivity (Wildman–Crippen MR) is 96.3 cm³/mol. The van der Waals surface area contributed by atoms with E-state index < -0.39 is 0 Å². The van der Waals surface area contributed by atoms with Gasteiger partial charge in [-0.3, -0.25) is 10.1 Å². The summed E-state index contributed by atoms with van der Waals surface area (Å²) in [6.45, 7) is 0. The Labute approximate surface area is 143 Å². The summed E-state index contributed by atoms with van der Waals surface area (Å²) in [5.74, 6) is -0.318. The molecule has 2 rings (SSSR count). The Hall–Kier alpha value is -1.88. The molecule has 2 aromatic carbocycles. The molecule has 112 valence electrons. The van der Waals surface area contributed by atoms with Crippen molar-refractivity contribution in [2.24, 2.45) is 0 Å². The lowest BCUT2D eigenvalue weighted by molar-refractivity contribution is -0.115. The Kier molecular flexibility index (Phi) is 5.95. The maximum Gasteiger partial charge on any atom is 0.250 e. The summed E-state index contributed by atoms with van der Waals surface area (Å²) in [7, 11) is 0. The lowest BCUT2D eigenvalue weighted by atomic mass is 10.2. The molecule has 1 amide bonds. The molecule has 0 atom stereocenters. The van der Waals surface area contributed by atoms with Gasteiger partial charge in [0, 0.05) is 11.8 Å². The zero-order valence-corrected chi connectivity index (χ0v) is 13.7. The second-order valence-electron chi connectivity index (χ2n) is 4.32. The number of carbonyl (C=O) groups is 1. The molecule has 0 spiro atoms. The van der Waals surface area contributed by atoms with Gasteiger partial charge < -0.3 is 5.32 Å². The van der Waals surface area contributed by atoms with Gasteiger partial charge in [-0.1, -0.05) is 53.5 Å². The molecule has 0 bridgehead atoms. The van der Waals surface area contributed by atoms with Gasteiger partial charge in [0.2, 0.25) is 5.91 Å². The van der Waals surface area contributed by atoms with Crippen LogP contribution in [0.5, 0.6) is 0 Å². The van der Waals surface area contributed by atoms with Crippen LogP contribution in [0, 0.1) is 0 Å². The average Bonchev–Trinajstić information content (AvgIpc) is 2.50. The Morgan fingerprint density at radius 2 is 1.77 bits per heavy atom. The molecule has 2 aromatic rings. The van der Waals surface area contributed by atoms with E-state index in [4.69, 9.17) is 35.4 Å². The number of rotatable bonds is 3. The summed E-state index contributed by atoms with van der Waals surface area (Å²) >= 11 is 16.8. The van der Waals surface area contributed by atoms with Crippen molar-refractivity contribution in [3.05, 3.63) is 70.2 Å². The number of benzene rings is 2. The summed E-state index contributed by atoms with van der Waals surface area (Å²) in [5.41, 5.74) is 1.58. The highest BCUT2D eigenvalue weighted by Gasteiger charge is 2.03. The minimum absolute atomic E-state index is 0.182. The van der Waals surface area contributed by atoms with Gasteiger partial charge in [-0.25, -0.2) is 0 Å². The summed E-state index contributed by atoms with van der Waals surface area (Å²) in [6.07, 6.45) is 3.12. The second kappa shape index (κ2) is 7.94. The molecule has 0 saturated heterocycles. The molecule has 0 unspecified atom stereocenters. The van der Waals surface area contributed by atoms with Crippen molar-refractivity contribution in [2.45, 2.75) is 0 Å². The standard InChI is InChI=1S/C16H12Cl2N2OS/c17-13-8-7-12(10-14(13)18)19-16(22)20-15(21)9-6-11-4-2-1-3-5-11/h1-10H,(H2,19,20,21,22)/b9-6+. The zero-order valence-electron chi connectivity index (χ0n) is 11.3. The van der Waals surface area contributed by atoms with Crippen LogP contribution in [0.2, 0.25) is 10.0 Å². The van der Waals surface area contributed by atoms with Crippen molar-refractivity contribution in [3.63, 3.8) is 0 Å². The first-order valence-corrected chi connectivity index (χ1v) is 7.51. The molecule has 0 heterocycles. The van der Waals surface area contributed by atoms with Crippen LogP contribution in [-0.2, 0) is 4.79 Å². The van der Waals surface area contributed by atoms with Crippen molar-refractivity contribution in [3.8, 4) is 0 Å². The third-order valence-corrected chi connectivity index (χ3v) is 3.58. The van der Waals surface area contributed by atoms with E-state index in [1.807, 2.05) is 30.3 Å². The maximum absolute atomic E-state index is 11.8. The van der Waals surface area contributed by atoms with Crippen LogP contribution in [0.4, 0.5) is 5.69 Å². The number of amides is 1. The predicted octanol–water partition coefficient (Wildman–Crippen LogP) is 4.52. The molecule has 6 heteroatoms. The minimum atomic E-state index is -0.318. The molecule has 0 aromatic heterocycles. The number of hydrogen-bond donors (Lipinski definition) is 2. The average molecular weight is 351 g/mol. The van der Waals surface area contributed by atoms with Crippen molar-refractivity contribution < 1.29 is 4.79 Å². The molecule has 0 saturated carbocycles. The first kappa shape index (κ1) is 16.5. The third kappa shape index (κ3) is 5.15. The number of anilines is 1. The van der Waals surface area contributed by atoms with E-state index in [0.717, 1.165) is 5.56 Å². The van der Waals surface area contributed by atoms with Crippen LogP contribution in [0.3, 0.4) is 0 Å². The molecule has 22 heavy (non-hydrogen) atoms. The van der Waals surface area contributed by atoms with Gasteiger partial charge in [-0.2, -0.15) is 0 Å². The highest BCUT2D eigenvalue weighted by atomic mass is 35.5. The van der Waals surface area contributed by atoms with E-state index in [1.165, 1.54) is 6.08 Å². The first-order valence-electron chi connectivity index (χ1n) is 6.35. The van der Waals surface area contributed by atoms with Crippen LogP contribution >= 0.6 is 35.4 Å². The van der Waals surface area contributed by atoms with Crippen molar-refractivity contribution in [1.82, 2.24) is 5.32 Å². The van der Waals surface area contributed by atoms with E-state index in [1.54, 1.807) is 24.3 Å². The Morgan fingerprint density at radius 3 is 2.45 bits per heavy atom. The SMILES string of the molecule is O=C(/C=C/c1ccccc1)NC(=S)Nc1ccc(Cl)c(Cl)c1. The fourth-order valence-corrected chi connectivity index (χ4v) is 2.14. The van der Waals surface area contributed by atoms with Crippen LogP contribution in [0.15, 0.2) is 54.6 Å². The van der Waals surface area contributed by atoms with Gasteiger partial charge in [-0.15, -0.1) is 0 Å². The van der Waals surface area contributed by atoms with Crippen molar-refractivity contribution in [1.29, 1.82) is 0 Å². The van der Waals surface area contributed by atoms with Crippen molar-refractivity contribution >= 4 is 58.2 Å². The second-order valence-corrected chi connectivity index (χ2v) is 5.54. The molecular formula is C16H12Cl2N2OS. The Balaban J connectivity index is 1.90. The highest BCUT2D eigenvalue weighted by Crippen LogP contribution is 2.24. The quantitative estimate of drug-likeness (QED) is 0.631. The van der Waals surface area contributed by atoms with E-state index in [-0.39, 0.29) is 11.0 Å². The zero-order chi connectivity index (χ0) is 15.9. The van der Waals surface area contributed by atoms with Crippen molar-refractivity contribution in [2.75, 3.05) is 5.32 Å². The molecule has 0 aliphatic carbocycles. The molecular weight excluding hydrogens is 339 g/mol. The van der Waals surface area contributed by atoms with Gasteiger partial charge in [0.05, 0.1) is 10.0 Å². The van der Waals surface area contributed by atoms with Gasteiger partial charge in [0.15, 0.2) is 5.11 Å². The van der Waals surface area contributed by atoms with Gasteiger partial charge >= 0.3 is 0 Å². The molecule has 0 radical (unpaired) electrons. The van der Waals surface area contributed by atoms with E-state index in [9.17, 15) is 4.79 Å². The van der Waals surface area contributed by atoms with Crippen LogP contribution < -0.4 is 10.6 Å². The largest absolute Gasteiger partial charge is 0.332 e. The number of carbonyl (C=O) groups excluding carboxylic acids is 1. The van der Waals surface area contributed by atoms with E-state index >= 15 is 0 Å². The molecule has 0 aliphatic rings. The Bertz CT molecular complexity index is 717. The number of nitrogens with one attached hydrogen (secondary N) is 2. The highest BCUT2D eigenvalue weighted by molar-refractivity contribution is 7.80. The molecule has 3 nitrogen and oxygen atoms in total. The lowest BCUT2D eigenvalue weighted by Gasteiger charge is -2.08. The van der Waals surface area contributed by atoms with Crippen LogP contribution in [0.25, 0.3) is 6.08 Å². The van der Waals surface area contributed by atoms with Gasteiger partial charge in [-0.05, 0) is 42.1 Å². The third-order valence-electron chi connectivity index (χ3n) is 2.64. The fraction of sp³-hybridized carbons (Fsp3) is 0. The first-order chi connectivity index (χ1) is 10.5. The molecule has 2 N–H and O–H groups in total. The van der Waals surface area contributed by atoms with E-state index in [0.29, 0.717) is 15.7 Å². The molecule has 0 aliphatic heterocycles. The summed E-state index contributed by atoms with van der Waals surface area (Å²) in [4.78, 5) is 11.8. The summed E-state index contributed by atoms with van der Waals surface area (Å²) in [5, 5.41) is 6.45. The van der Waals surface area contributed by atoms with Crippen LogP contribution in [-0.4, -0.2) is 11.0 Å². The summed E-state index contributed by atoms with van der Waals surface area (Å²) in [6, 6.07) is 14.5. The minimum Gasteiger partial charge on any atom is -0.332 e. The number of halogens is 2.